The lowest BCUT2D eigenvalue weighted by Crippen LogP contribution is -2.10. The summed E-state index contributed by atoms with van der Waals surface area (Å²) < 4.78 is 13.5. The topological polar surface area (TPSA) is 74.1 Å². The molecule has 0 aliphatic heterocycles. The Balaban J connectivity index is 2.14. The van der Waals surface area contributed by atoms with Crippen LogP contribution in [0.5, 0.6) is 11.5 Å². The predicted octanol–water partition coefficient (Wildman–Crippen LogP) is 2.87. The molecule has 0 bridgehead atoms. The Morgan fingerprint density at radius 2 is 2.09 bits per heavy atom. The number of nitrogens with one attached hydrogen (secondary N) is 1. The Labute approximate surface area is 138 Å². The highest BCUT2D eigenvalue weighted by molar-refractivity contribution is 9.10. The third kappa shape index (κ3) is 3.88. The summed E-state index contributed by atoms with van der Waals surface area (Å²) in [5.41, 5.74) is 0.957. The number of nitrogens with zero attached hydrogens (tertiary/aromatic N) is 4. The molecule has 1 N–H and O–H groups in total. The summed E-state index contributed by atoms with van der Waals surface area (Å²) in [4.78, 5) is 0. The van der Waals surface area contributed by atoms with Crippen molar-refractivity contribution in [3.63, 3.8) is 0 Å². The number of methoxy groups -OCH3 is 2. The third-order valence-corrected chi connectivity index (χ3v) is 3.67. The number of aromatic nitrogens is 4. The zero-order valence-corrected chi connectivity index (χ0v) is 14.6. The number of benzene rings is 1. The van der Waals surface area contributed by atoms with Gasteiger partial charge in [-0.2, -0.15) is 0 Å². The van der Waals surface area contributed by atoms with Gasteiger partial charge in [-0.15, -0.1) is 0 Å². The van der Waals surface area contributed by atoms with Crippen molar-refractivity contribution in [3.05, 3.63) is 22.2 Å². The molecule has 0 spiro atoms. The first kappa shape index (κ1) is 16.5. The Morgan fingerprint density at radius 3 is 2.77 bits per heavy atom. The van der Waals surface area contributed by atoms with Crippen LogP contribution < -0.4 is 14.8 Å². The summed E-state index contributed by atoms with van der Waals surface area (Å²) in [6, 6.07) is 3.85. The molecular weight excluding hydrogens is 350 g/mol. The second kappa shape index (κ2) is 7.98. The van der Waals surface area contributed by atoms with Gasteiger partial charge < -0.3 is 14.8 Å². The Bertz CT molecular complexity index is 617. The molecule has 0 radical (unpaired) electrons. The number of rotatable bonds is 8. The van der Waals surface area contributed by atoms with Crippen molar-refractivity contribution in [3.8, 4) is 11.5 Å². The van der Waals surface area contributed by atoms with Crippen LogP contribution in [-0.4, -0.2) is 34.4 Å². The van der Waals surface area contributed by atoms with Gasteiger partial charge in [0, 0.05) is 23.1 Å². The first-order valence-corrected chi connectivity index (χ1v) is 7.89. The number of halogens is 1. The molecule has 1 aromatic heterocycles. The highest BCUT2D eigenvalue weighted by Gasteiger charge is 2.13. The summed E-state index contributed by atoms with van der Waals surface area (Å²) in [7, 11) is 3.24. The first-order chi connectivity index (χ1) is 10.7. The SMILES string of the molecule is CCCCn1nnnc1NCc1cc(Br)cc(OC)c1OC. The number of anilines is 1. The van der Waals surface area contributed by atoms with Crippen LogP contribution in [0.1, 0.15) is 25.3 Å². The van der Waals surface area contributed by atoms with E-state index in [0.29, 0.717) is 24.0 Å². The first-order valence-electron chi connectivity index (χ1n) is 7.10. The molecule has 0 amide bonds. The van der Waals surface area contributed by atoms with Crippen LogP contribution in [-0.2, 0) is 13.1 Å². The molecule has 8 heteroatoms. The van der Waals surface area contributed by atoms with Gasteiger partial charge in [-0.3, -0.25) is 0 Å². The predicted molar refractivity (Wildman–Crippen MR) is 87.3 cm³/mol. The van der Waals surface area contributed by atoms with Crippen molar-refractivity contribution in [1.82, 2.24) is 20.2 Å². The van der Waals surface area contributed by atoms with Crippen molar-refractivity contribution in [1.29, 1.82) is 0 Å². The van der Waals surface area contributed by atoms with E-state index in [9.17, 15) is 0 Å². The quantitative estimate of drug-likeness (QED) is 0.770. The Kier molecular flexibility index (Phi) is 6.00. The molecule has 0 saturated carbocycles. The van der Waals surface area contributed by atoms with Crippen molar-refractivity contribution in [2.45, 2.75) is 32.9 Å². The van der Waals surface area contributed by atoms with Crippen molar-refractivity contribution in [2.24, 2.45) is 0 Å². The van der Waals surface area contributed by atoms with Gasteiger partial charge >= 0.3 is 0 Å². The number of tetrazole rings is 1. The normalized spacial score (nSPS) is 10.5. The van der Waals surface area contributed by atoms with Crippen LogP contribution >= 0.6 is 15.9 Å². The van der Waals surface area contributed by atoms with Gasteiger partial charge in [-0.25, -0.2) is 4.68 Å². The van der Waals surface area contributed by atoms with E-state index in [1.165, 1.54) is 0 Å². The average Bonchev–Trinajstić information content (AvgIpc) is 2.97. The smallest absolute Gasteiger partial charge is 0.243 e. The highest BCUT2D eigenvalue weighted by Crippen LogP contribution is 2.34. The fraction of sp³-hybridized carbons (Fsp3) is 0.500. The lowest BCUT2D eigenvalue weighted by molar-refractivity contribution is 0.352. The van der Waals surface area contributed by atoms with Crippen LogP contribution in [0.2, 0.25) is 0 Å². The molecule has 7 nitrogen and oxygen atoms in total. The molecule has 120 valence electrons. The molecule has 0 unspecified atom stereocenters. The van der Waals surface area contributed by atoms with E-state index < -0.39 is 0 Å². The fourth-order valence-corrected chi connectivity index (χ4v) is 2.59. The number of hydrogen-bond donors (Lipinski definition) is 1. The molecule has 0 atom stereocenters. The number of hydrogen-bond acceptors (Lipinski definition) is 6. The maximum absolute atomic E-state index is 5.44. The Morgan fingerprint density at radius 1 is 1.27 bits per heavy atom. The van der Waals surface area contributed by atoms with Crippen LogP contribution in [0.4, 0.5) is 5.95 Å². The summed E-state index contributed by atoms with van der Waals surface area (Å²) in [5.74, 6) is 2.03. The van der Waals surface area contributed by atoms with Gasteiger partial charge in [0.1, 0.15) is 0 Å². The largest absolute Gasteiger partial charge is 0.493 e. The van der Waals surface area contributed by atoms with Gasteiger partial charge in [0.25, 0.3) is 0 Å². The van der Waals surface area contributed by atoms with Crippen molar-refractivity contribution >= 4 is 21.9 Å². The van der Waals surface area contributed by atoms with E-state index >= 15 is 0 Å². The van der Waals surface area contributed by atoms with Crippen LogP contribution in [0, 0.1) is 0 Å². The minimum Gasteiger partial charge on any atom is -0.493 e. The molecule has 2 rings (SSSR count). The molecular formula is C14H20BrN5O2. The zero-order valence-electron chi connectivity index (χ0n) is 13.0. The highest BCUT2D eigenvalue weighted by atomic mass is 79.9. The van der Waals surface area contributed by atoms with E-state index in [1.54, 1.807) is 18.9 Å². The van der Waals surface area contributed by atoms with E-state index in [0.717, 1.165) is 29.4 Å². The van der Waals surface area contributed by atoms with Gasteiger partial charge in [0.15, 0.2) is 11.5 Å². The Hall–Kier alpha value is -1.83. The number of ether oxygens (including phenoxy) is 2. The molecule has 0 fully saturated rings. The number of aryl methyl sites for hydroxylation is 1. The molecule has 1 heterocycles. The summed E-state index contributed by atoms with van der Waals surface area (Å²) in [6.07, 6.45) is 2.13. The van der Waals surface area contributed by atoms with Crippen LogP contribution in [0.25, 0.3) is 0 Å². The monoisotopic (exact) mass is 369 g/mol. The average molecular weight is 370 g/mol. The third-order valence-electron chi connectivity index (χ3n) is 3.21. The van der Waals surface area contributed by atoms with Gasteiger partial charge in [-0.1, -0.05) is 34.4 Å². The fourth-order valence-electron chi connectivity index (χ4n) is 2.10. The van der Waals surface area contributed by atoms with Gasteiger partial charge in [0.2, 0.25) is 5.95 Å². The molecule has 0 aliphatic carbocycles. The van der Waals surface area contributed by atoms with Crippen molar-refractivity contribution < 1.29 is 9.47 Å². The summed E-state index contributed by atoms with van der Waals surface area (Å²) in [5, 5.41) is 15.0. The number of unbranched alkanes of at least 4 members (excludes halogenated alkanes) is 1. The molecule has 2 aromatic rings. The van der Waals surface area contributed by atoms with Crippen LogP contribution in [0.3, 0.4) is 0 Å². The molecule has 1 aromatic carbocycles. The summed E-state index contributed by atoms with van der Waals surface area (Å²) in [6.45, 7) is 3.46. The van der Waals surface area contributed by atoms with Gasteiger partial charge in [0.05, 0.1) is 14.2 Å². The lowest BCUT2D eigenvalue weighted by atomic mass is 10.2. The second-order valence-electron chi connectivity index (χ2n) is 4.73. The van der Waals surface area contributed by atoms with Gasteiger partial charge in [-0.05, 0) is 29.0 Å². The minimum absolute atomic E-state index is 0.533. The second-order valence-corrected chi connectivity index (χ2v) is 5.65. The van der Waals surface area contributed by atoms with E-state index in [2.05, 4.69) is 43.7 Å². The molecule has 0 aliphatic rings. The van der Waals surface area contributed by atoms with E-state index in [4.69, 9.17) is 9.47 Å². The zero-order chi connectivity index (χ0) is 15.9. The molecule has 0 saturated heterocycles. The standard InChI is InChI=1S/C14H20BrN5O2/c1-4-5-6-20-14(17-18-19-20)16-9-10-7-11(15)8-12(21-2)13(10)22-3/h7-8H,4-6,9H2,1-3H3,(H,16,17,19). The van der Waals surface area contributed by atoms with E-state index in [1.807, 2.05) is 12.1 Å². The van der Waals surface area contributed by atoms with E-state index in [-0.39, 0.29) is 0 Å². The van der Waals surface area contributed by atoms with Crippen LogP contribution in [0.15, 0.2) is 16.6 Å². The maximum Gasteiger partial charge on any atom is 0.243 e. The minimum atomic E-state index is 0.533. The molecule has 22 heavy (non-hydrogen) atoms. The lowest BCUT2D eigenvalue weighted by Gasteiger charge is -2.14. The maximum atomic E-state index is 5.44. The summed E-state index contributed by atoms with van der Waals surface area (Å²) >= 11 is 3.48. The van der Waals surface area contributed by atoms with Crippen molar-refractivity contribution in [2.75, 3.05) is 19.5 Å².